The molecule has 92 valence electrons. The van der Waals surface area contributed by atoms with Crippen LogP contribution < -0.4 is 4.90 Å². The normalized spacial score (nSPS) is 21.6. The first kappa shape index (κ1) is 12.1. The molecule has 0 spiro atoms. The van der Waals surface area contributed by atoms with Gasteiger partial charge in [-0.3, -0.25) is 4.79 Å². The molecule has 0 unspecified atom stereocenters. The number of nitrogens with zero attached hydrogens (tertiary/aromatic N) is 2. The second kappa shape index (κ2) is 4.88. The number of piperazine rings is 1. The molecule has 0 aromatic heterocycles. The maximum Gasteiger partial charge on any atom is 0.159 e. The van der Waals surface area contributed by atoms with Crippen LogP contribution in [0.1, 0.15) is 24.2 Å². The van der Waals surface area contributed by atoms with Crippen molar-refractivity contribution < 1.29 is 4.79 Å². The number of hydrogen-bond donors (Lipinski definition) is 0. The summed E-state index contributed by atoms with van der Waals surface area (Å²) in [5.41, 5.74) is 2.01. The van der Waals surface area contributed by atoms with E-state index in [9.17, 15) is 4.79 Å². The molecule has 1 heterocycles. The lowest BCUT2D eigenvalue weighted by Gasteiger charge is -2.39. The van der Waals surface area contributed by atoms with Gasteiger partial charge in [0.15, 0.2) is 5.78 Å². The Kier molecular flexibility index (Phi) is 3.48. The summed E-state index contributed by atoms with van der Waals surface area (Å²) < 4.78 is 0. The van der Waals surface area contributed by atoms with Gasteiger partial charge in [-0.05, 0) is 45.2 Å². The van der Waals surface area contributed by atoms with E-state index in [1.165, 1.54) is 5.69 Å². The number of likely N-dealkylation sites (N-methyl/N-ethyl adjacent to an activating group) is 1. The molecule has 0 aliphatic carbocycles. The van der Waals surface area contributed by atoms with E-state index in [-0.39, 0.29) is 5.78 Å². The number of carbonyl (C=O) groups is 1. The molecule has 1 aliphatic heterocycles. The minimum absolute atomic E-state index is 0.128. The number of hydrogen-bond acceptors (Lipinski definition) is 3. The second-order valence-electron chi connectivity index (χ2n) is 4.88. The molecule has 1 aromatic rings. The highest BCUT2D eigenvalue weighted by Gasteiger charge is 2.20. The van der Waals surface area contributed by atoms with E-state index in [4.69, 9.17) is 0 Å². The van der Waals surface area contributed by atoms with Crippen molar-refractivity contribution in [2.24, 2.45) is 0 Å². The Morgan fingerprint density at radius 1 is 1.24 bits per heavy atom. The molecule has 1 aromatic carbocycles. The molecular formula is C14H20N2O. The summed E-state index contributed by atoms with van der Waals surface area (Å²) in [5.74, 6) is 0.128. The summed E-state index contributed by atoms with van der Waals surface area (Å²) in [7, 11) is 2.17. The summed E-state index contributed by atoms with van der Waals surface area (Å²) in [6.07, 6.45) is 0. The third kappa shape index (κ3) is 2.67. The van der Waals surface area contributed by atoms with Gasteiger partial charge in [-0.25, -0.2) is 0 Å². The molecule has 1 aliphatic rings. The van der Waals surface area contributed by atoms with Gasteiger partial charge in [-0.2, -0.15) is 0 Å². The third-order valence-electron chi connectivity index (χ3n) is 3.60. The lowest BCUT2D eigenvalue weighted by molar-refractivity contribution is 0.101. The Bertz CT molecular complexity index is 399. The average Bonchev–Trinajstić information content (AvgIpc) is 2.33. The van der Waals surface area contributed by atoms with Crippen molar-refractivity contribution in [2.45, 2.75) is 19.9 Å². The van der Waals surface area contributed by atoms with Crippen molar-refractivity contribution in [3.05, 3.63) is 29.8 Å². The Morgan fingerprint density at radius 3 is 2.41 bits per heavy atom. The van der Waals surface area contributed by atoms with Gasteiger partial charge in [0.05, 0.1) is 0 Å². The van der Waals surface area contributed by atoms with Crippen molar-refractivity contribution in [1.29, 1.82) is 0 Å². The van der Waals surface area contributed by atoms with Crippen LogP contribution in [0.25, 0.3) is 0 Å². The molecule has 0 amide bonds. The molecule has 1 saturated heterocycles. The summed E-state index contributed by atoms with van der Waals surface area (Å²) >= 11 is 0. The zero-order valence-electron chi connectivity index (χ0n) is 10.8. The second-order valence-corrected chi connectivity index (χ2v) is 4.88. The van der Waals surface area contributed by atoms with Crippen LogP contribution in [0.3, 0.4) is 0 Å². The smallest absolute Gasteiger partial charge is 0.159 e. The zero-order chi connectivity index (χ0) is 12.4. The fourth-order valence-electron chi connectivity index (χ4n) is 2.19. The van der Waals surface area contributed by atoms with Crippen LogP contribution in [-0.2, 0) is 0 Å². The van der Waals surface area contributed by atoms with Crippen molar-refractivity contribution in [2.75, 3.05) is 31.6 Å². The van der Waals surface area contributed by atoms with Crippen LogP contribution in [0.15, 0.2) is 24.3 Å². The SMILES string of the molecule is CC(=O)c1ccc(N2CCN(C)[C@H](C)C2)cc1. The Hall–Kier alpha value is -1.35. The average molecular weight is 232 g/mol. The summed E-state index contributed by atoms with van der Waals surface area (Å²) in [6, 6.07) is 8.52. The molecule has 1 atom stereocenters. The highest BCUT2D eigenvalue weighted by Crippen LogP contribution is 2.19. The van der Waals surface area contributed by atoms with Crippen molar-refractivity contribution in [3.63, 3.8) is 0 Å². The van der Waals surface area contributed by atoms with Crippen LogP contribution in [0.4, 0.5) is 5.69 Å². The Morgan fingerprint density at radius 2 is 1.88 bits per heavy atom. The first-order valence-electron chi connectivity index (χ1n) is 6.14. The number of ketones is 1. The maximum absolute atomic E-state index is 11.2. The molecular weight excluding hydrogens is 212 g/mol. The molecule has 3 nitrogen and oxygen atoms in total. The first-order valence-corrected chi connectivity index (χ1v) is 6.14. The Labute approximate surface area is 103 Å². The van der Waals surface area contributed by atoms with E-state index in [1.807, 2.05) is 12.1 Å². The number of benzene rings is 1. The van der Waals surface area contributed by atoms with Crippen LogP contribution in [0, 0.1) is 0 Å². The molecule has 3 heteroatoms. The van der Waals surface area contributed by atoms with Gasteiger partial charge >= 0.3 is 0 Å². The van der Waals surface area contributed by atoms with E-state index >= 15 is 0 Å². The van der Waals surface area contributed by atoms with Gasteiger partial charge in [-0.1, -0.05) is 0 Å². The highest BCUT2D eigenvalue weighted by atomic mass is 16.1. The lowest BCUT2D eigenvalue weighted by Crippen LogP contribution is -2.50. The van der Waals surface area contributed by atoms with E-state index in [2.05, 4.69) is 35.9 Å². The summed E-state index contributed by atoms with van der Waals surface area (Å²) in [5, 5.41) is 0. The molecule has 0 N–H and O–H groups in total. The molecule has 0 saturated carbocycles. The summed E-state index contributed by atoms with van der Waals surface area (Å²) in [4.78, 5) is 16.0. The number of carbonyl (C=O) groups excluding carboxylic acids is 1. The maximum atomic E-state index is 11.2. The zero-order valence-corrected chi connectivity index (χ0v) is 10.8. The number of anilines is 1. The minimum Gasteiger partial charge on any atom is -0.369 e. The van der Waals surface area contributed by atoms with Gasteiger partial charge in [-0.15, -0.1) is 0 Å². The third-order valence-corrected chi connectivity index (χ3v) is 3.60. The number of Topliss-reactive ketones (excluding diaryl/α,β-unsaturated/α-hetero) is 1. The van der Waals surface area contributed by atoms with Gasteiger partial charge in [0, 0.05) is 36.9 Å². The molecule has 0 radical (unpaired) electrons. The Balaban J connectivity index is 2.10. The van der Waals surface area contributed by atoms with Crippen LogP contribution >= 0.6 is 0 Å². The van der Waals surface area contributed by atoms with E-state index < -0.39 is 0 Å². The van der Waals surface area contributed by atoms with Crippen molar-refractivity contribution >= 4 is 11.5 Å². The molecule has 17 heavy (non-hydrogen) atoms. The van der Waals surface area contributed by atoms with E-state index in [1.54, 1.807) is 6.92 Å². The monoisotopic (exact) mass is 232 g/mol. The van der Waals surface area contributed by atoms with E-state index in [0.29, 0.717) is 6.04 Å². The van der Waals surface area contributed by atoms with Crippen LogP contribution in [-0.4, -0.2) is 43.4 Å². The quantitative estimate of drug-likeness (QED) is 0.729. The fraction of sp³-hybridized carbons (Fsp3) is 0.500. The van der Waals surface area contributed by atoms with Gasteiger partial charge < -0.3 is 9.80 Å². The van der Waals surface area contributed by atoms with Crippen LogP contribution in [0.5, 0.6) is 0 Å². The van der Waals surface area contributed by atoms with Gasteiger partial charge in [0.1, 0.15) is 0 Å². The number of rotatable bonds is 2. The predicted molar refractivity (Wildman–Crippen MR) is 70.8 cm³/mol. The largest absolute Gasteiger partial charge is 0.369 e. The van der Waals surface area contributed by atoms with Crippen molar-refractivity contribution in [3.8, 4) is 0 Å². The molecule has 1 fully saturated rings. The molecule has 0 bridgehead atoms. The van der Waals surface area contributed by atoms with Gasteiger partial charge in [0.25, 0.3) is 0 Å². The van der Waals surface area contributed by atoms with Crippen molar-refractivity contribution in [1.82, 2.24) is 4.90 Å². The summed E-state index contributed by atoms with van der Waals surface area (Å²) in [6.45, 7) is 7.05. The standard InChI is InChI=1S/C14H20N2O/c1-11-10-16(9-8-15(11)3)14-6-4-13(5-7-14)12(2)17/h4-7,11H,8-10H2,1-3H3/t11-/m1/s1. The first-order chi connectivity index (χ1) is 8.08. The molecule has 2 rings (SSSR count). The minimum atomic E-state index is 0.128. The fourth-order valence-corrected chi connectivity index (χ4v) is 2.19. The topological polar surface area (TPSA) is 23.6 Å². The van der Waals surface area contributed by atoms with E-state index in [0.717, 1.165) is 25.2 Å². The predicted octanol–water partition coefficient (Wildman–Crippen LogP) is 2.03. The van der Waals surface area contributed by atoms with Gasteiger partial charge in [0.2, 0.25) is 0 Å². The lowest BCUT2D eigenvalue weighted by atomic mass is 10.1. The van der Waals surface area contributed by atoms with Crippen LogP contribution in [0.2, 0.25) is 0 Å². The highest BCUT2D eigenvalue weighted by molar-refractivity contribution is 5.94.